The van der Waals surface area contributed by atoms with E-state index in [0.29, 0.717) is 6.61 Å². The zero-order chi connectivity index (χ0) is 18.2. The standard InChI is InChI=1S/C24H27FO/c1-2-3-4-5-6-7-19-8-10-20(11-9-19)18-26-24-15-13-21-16-23(25)14-12-22(21)17-24/h8-17H,2-7,18H2,1H3. The van der Waals surface area contributed by atoms with Gasteiger partial charge in [-0.15, -0.1) is 0 Å². The third kappa shape index (κ3) is 5.32. The number of hydrogen-bond acceptors (Lipinski definition) is 1. The maximum Gasteiger partial charge on any atom is 0.123 e. The number of rotatable bonds is 9. The molecular weight excluding hydrogens is 323 g/mol. The lowest BCUT2D eigenvalue weighted by molar-refractivity contribution is 0.306. The Bertz CT molecular complexity index is 823. The van der Waals surface area contributed by atoms with Crippen LogP contribution in [-0.4, -0.2) is 0 Å². The number of ether oxygens (including phenoxy) is 1. The lowest BCUT2D eigenvalue weighted by Crippen LogP contribution is -1.96. The SMILES string of the molecule is CCCCCCCc1ccc(COc2ccc3cc(F)ccc3c2)cc1. The molecule has 0 saturated heterocycles. The highest BCUT2D eigenvalue weighted by atomic mass is 19.1. The van der Waals surface area contributed by atoms with Gasteiger partial charge in [-0.3, -0.25) is 0 Å². The largest absolute Gasteiger partial charge is 0.489 e. The van der Waals surface area contributed by atoms with Crippen molar-refractivity contribution in [1.82, 2.24) is 0 Å². The summed E-state index contributed by atoms with van der Waals surface area (Å²) in [5.74, 6) is 0.598. The van der Waals surface area contributed by atoms with Gasteiger partial charge in [-0.2, -0.15) is 0 Å². The van der Waals surface area contributed by atoms with Crippen molar-refractivity contribution >= 4 is 10.8 Å². The lowest BCUT2D eigenvalue weighted by atomic mass is 10.0. The van der Waals surface area contributed by atoms with E-state index >= 15 is 0 Å². The molecule has 0 spiro atoms. The minimum atomic E-state index is -0.211. The molecule has 3 aromatic carbocycles. The lowest BCUT2D eigenvalue weighted by Gasteiger charge is -2.09. The number of hydrogen-bond donors (Lipinski definition) is 0. The van der Waals surface area contributed by atoms with Crippen molar-refractivity contribution < 1.29 is 9.13 Å². The zero-order valence-electron chi connectivity index (χ0n) is 15.5. The van der Waals surface area contributed by atoms with E-state index in [2.05, 4.69) is 31.2 Å². The van der Waals surface area contributed by atoms with Gasteiger partial charge in [0.25, 0.3) is 0 Å². The summed E-state index contributed by atoms with van der Waals surface area (Å²) in [5, 5.41) is 1.88. The molecule has 1 nitrogen and oxygen atoms in total. The predicted molar refractivity (Wildman–Crippen MR) is 107 cm³/mol. The van der Waals surface area contributed by atoms with Crippen LogP contribution in [0.4, 0.5) is 4.39 Å². The van der Waals surface area contributed by atoms with Crippen LogP contribution in [0, 0.1) is 5.82 Å². The monoisotopic (exact) mass is 350 g/mol. The third-order valence-corrected chi connectivity index (χ3v) is 4.77. The summed E-state index contributed by atoms with van der Waals surface area (Å²) in [5.41, 5.74) is 2.57. The fraction of sp³-hybridized carbons (Fsp3) is 0.333. The Morgan fingerprint density at radius 1 is 0.731 bits per heavy atom. The maximum absolute atomic E-state index is 13.2. The first-order valence-electron chi connectivity index (χ1n) is 9.64. The predicted octanol–water partition coefficient (Wildman–Crippen LogP) is 7.07. The van der Waals surface area contributed by atoms with Gasteiger partial charge in [0.15, 0.2) is 0 Å². The van der Waals surface area contributed by atoms with Crippen LogP contribution in [0.2, 0.25) is 0 Å². The Morgan fingerprint density at radius 3 is 2.23 bits per heavy atom. The van der Waals surface area contributed by atoms with Crippen molar-refractivity contribution in [3.8, 4) is 5.75 Å². The summed E-state index contributed by atoms with van der Waals surface area (Å²) < 4.78 is 19.1. The van der Waals surface area contributed by atoms with Crippen LogP contribution >= 0.6 is 0 Å². The minimum Gasteiger partial charge on any atom is -0.489 e. The average molecular weight is 350 g/mol. The van der Waals surface area contributed by atoms with Crippen molar-refractivity contribution in [2.75, 3.05) is 0 Å². The molecule has 0 bridgehead atoms. The molecule has 0 aliphatic rings. The minimum absolute atomic E-state index is 0.211. The van der Waals surface area contributed by atoms with Gasteiger partial charge in [-0.1, -0.05) is 69.0 Å². The van der Waals surface area contributed by atoms with Crippen LogP contribution in [0.5, 0.6) is 5.75 Å². The third-order valence-electron chi connectivity index (χ3n) is 4.77. The van der Waals surface area contributed by atoms with E-state index in [-0.39, 0.29) is 5.82 Å². The Kier molecular flexibility index (Phi) is 6.65. The fourth-order valence-electron chi connectivity index (χ4n) is 3.19. The molecule has 0 heterocycles. The normalized spacial score (nSPS) is 11.0. The molecular formula is C24H27FO. The van der Waals surface area contributed by atoms with Gasteiger partial charge in [-0.25, -0.2) is 4.39 Å². The van der Waals surface area contributed by atoms with E-state index in [0.717, 1.165) is 22.9 Å². The summed E-state index contributed by atoms with van der Waals surface area (Å²) in [6, 6.07) is 19.3. The molecule has 3 rings (SSSR count). The molecule has 0 N–H and O–H groups in total. The molecule has 0 atom stereocenters. The smallest absolute Gasteiger partial charge is 0.123 e. The van der Waals surface area contributed by atoms with E-state index < -0.39 is 0 Å². The molecule has 0 saturated carbocycles. The first kappa shape index (κ1) is 18.4. The van der Waals surface area contributed by atoms with Crippen LogP contribution in [0.1, 0.15) is 50.2 Å². The summed E-state index contributed by atoms with van der Waals surface area (Å²) in [6.07, 6.45) is 7.74. The fourth-order valence-corrected chi connectivity index (χ4v) is 3.19. The first-order valence-corrected chi connectivity index (χ1v) is 9.64. The molecule has 0 radical (unpaired) electrons. The van der Waals surface area contributed by atoms with Gasteiger partial charge < -0.3 is 4.74 Å². The van der Waals surface area contributed by atoms with Crippen molar-refractivity contribution in [3.63, 3.8) is 0 Å². The van der Waals surface area contributed by atoms with Crippen molar-refractivity contribution in [2.24, 2.45) is 0 Å². The van der Waals surface area contributed by atoms with Crippen LogP contribution in [-0.2, 0) is 13.0 Å². The summed E-state index contributed by atoms with van der Waals surface area (Å²) in [6.45, 7) is 2.79. The van der Waals surface area contributed by atoms with E-state index in [9.17, 15) is 4.39 Å². The molecule has 0 aliphatic heterocycles. The van der Waals surface area contributed by atoms with E-state index in [1.54, 1.807) is 12.1 Å². The van der Waals surface area contributed by atoms with E-state index in [1.165, 1.54) is 49.3 Å². The highest BCUT2D eigenvalue weighted by Gasteiger charge is 2.01. The van der Waals surface area contributed by atoms with Gasteiger partial charge in [-0.05, 0) is 59.0 Å². The maximum atomic E-state index is 13.2. The van der Waals surface area contributed by atoms with Gasteiger partial charge in [0.2, 0.25) is 0 Å². The molecule has 26 heavy (non-hydrogen) atoms. The topological polar surface area (TPSA) is 9.23 Å². The van der Waals surface area contributed by atoms with Gasteiger partial charge >= 0.3 is 0 Å². The summed E-state index contributed by atoms with van der Waals surface area (Å²) in [7, 11) is 0. The molecule has 0 amide bonds. The number of unbranched alkanes of at least 4 members (excludes halogenated alkanes) is 4. The molecule has 0 aromatic heterocycles. The molecule has 0 fully saturated rings. The van der Waals surface area contributed by atoms with Crippen LogP contribution < -0.4 is 4.74 Å². The van der Waals surface area contributed by atoms with Crippen molar-refractivity contribution in [2.45, 2.75) is 52.1 Å². The van der Waals surface area contributed by atoms with E-state index in [4.69, 9.17) is 4.74 Å². The van der Waals surface area contributed by atoms with Crippen LogP contribution in [0.15, 0.2) is 60.7 Å². The van der Waals surface area contributed by atoms with Crippen LogP contribution in [0.25, 0.3) is 10.8 Å². The molecule has 0 unspecified atom stereocenters. The first-order chi connectivity index (χ1) is 12.7. The second-order valence-corrected chi connectivity index (χ2v) is 6.92. The Labute approximate surface area is 155 Å². The highest BCUT2D eigenvalue weighted by Crippen LogP contribution is 2.22. The molecule has 3 aromatic rings. The summed E-state index contributed by atoms with van der Waals surface area (Å²) >= 11 is 0. The quantitative estimate of drug-likeness (QED) is 0.375. The summed E-state index contributed by atoms with van der Waals surface area (Å²) in [4.78, 5) is 0. The van der Waals surface area contributed by atoms with Crippen molar-refractivity contribution in [3.05, 3.63) is 77.6 Å². The number of fused-ring (bicyclic) bond motifs is 1. The van der Waals surface area contributed by atoms with E-state index in [1.807, 2.05) is 18.2 Å². The average Bonchev–Trinajstić information content (AvgIpc) is 2.67. The number of benzene rings is 3. The van der Waals surface area contributed by atoms with Crippen molar-refractivity contribution in [1.29, 1.82) is 0 Å². The molecule has 2 heteroatoms. The molecule has 136 valence electrons. The second kappa shape index (κ2) is 9.38. The van der Waals surface area contributed by atoms with Crippen LogP contribution in [0.3, 0.4) is 0 Å². The number of halogens is 1. The number of aryl methyl sites for hydroxylation is 1. The van der Waals surface area contributed by atoms with Gasteiger partial charge in [0.1, 0.15) is 18.2 Å². The Morgan fingerprint density at radius 2 is 1.42 bits per heavy atom. The molecule has 0 aliphatic carbocycles. The second-order valence-electron chi connectivity index (χ2n) is 6.92. The highest BCUT2D eigenvalue weighted by molar-refractivity contribution is 5.83. The zero-order valence-corrected chi connectivity index (χ0v) is 15.5. The van der Waals surface area contributed by atoms with Gasteiger partial charge in [0, 0.05) is 0 Å². The Balaban J connectivity index is 1.50. The Hall–Kier alpha value is -2.35. The van der Waals surface area contributed by atoms with Gasteiger partial charge in [0.05, 0.1) is 0 Å².